The molecule has 2 amide bonds. The van der Waals surface area contributed by atoms with Gasteiger partial charge in [-0.25, -0.2) is 9.69 Å². The molecular formula is C21H30BrNO3. The molecule has 0 N–H and O–H groups in total. The Bertz CT molecular complexity index is 564. The van der Waals surface area contributed by atoms with Gasteiger partial charge < -0.3 is 4.74 Å². The normalized spacial score (nSPS) is 18.0. The third kappa shape index (κ3) is 6.42. The molecule has 0 spiro atoms. The van der Waals surface area contributed by atoms with E-state index in [9.17, 15) is 9.59 Å². The Morgan fingerprint density at radius 3 is 2.50 bits per heavy atom. The number of carbonyl (C=O) groups excluding carboxylic acids is 2. The van der Waals surface area contributed by atoms with Crippen LogP contribution < -0.4 is 0 Å². The molecule has 0 bridgehead atoms. The van der Waals surface area contributed by atoms with Crippen molar-refractivity contribution in [3.05, 3.63) is 35.9 Å². The van der Waals surface area contributed by atoms with Crippen LogP contribution in [-0.4, -0.2) is 34.4 Å². The summed E-state index contributed by atoms with van der Waals surface area (Å²) in [5.41, 5.74) is 1.10. The van der Waals surface area contributed by atoms with Gasteiger partial charge in [0.1, 0.15) is 6.61 Å². The van der Waals surface area contributed by atoms with Gasteiger partial charge in [-0.1, -0.05) is 98.1 Å². The van der Waals surface area contributed by atoms with E-state index in [1.807, 2.05) is 30.3 Å². The van der Waals surface area contributed by atoms with Gasteiger partial charge in [0.05, 0.1) is 10.9 Å². The number of rotatable bonds is 11. The van der Waals surface area contributed by atoms with Crippen molar-refractivity contribution >= 4 is 27.9 Å². The summed E-state index contributed by atoms with van der Waals surface area (Å²) >= 11 is 3.49. The van der Waals surface area contributed by atoms with Crippen LogP contribution in [0, 0.1) is 0 Å². The minimum atomic E-state index is -0.514. The molecule has 0 aliphatic carbocycles. The first-order valence-electron chi connectivity index (χ1n) is 9.81. The van der Waals surface area contributed by atoms with Crippen molar-refractivity contribution in [2.45, 2.75) is 75.6 Å². The molecule has 1 heterocycles. The molecule has 0 radical (unpaired) electrons. The Balaban J connectivity index is 1.78. The van der Waals surface area contributed by atoms with E-state index in [1.165, 1.54) is 37.0 Å². The van der Waals surface area contributed by atoms with Gasteiger partial charge >= 0.3 is 6.09 Å². The first-order chi connectivity index (χ1) is 12.6. The quantitative estimate of drug-likeness (QED) is 0.349. The number of nitrogens with zero attached hydrogens (tertiary/aromatic N) is 1. The number of ether oxygens (including phenoxy) is 1. The maximum Gasteiger partial charge on any atom is 0.417 e. The molecule has 0 aromatic heterocycles. The predicted octanol–water partition coefficient (Wildman–Crippen LogP) is 5.48. The van der Waals surface area contributed by atoms with Crippen molar-refractivity contribution < 1.29 is 14.3 Å². The average Bonchev–Trinajstić information content (AvgIpc) is 3.01. The minimum absolute atomic E-state index is 0.167. The number of hydrogen-bond donors (Lipinski definition) is 0. The summed E-state index contributed by atoms with van der Waals surface area (Å²) in [4.78, 5) is 25.8. The second kappa shape index (κ2) is 11.4. The lowest BCUT2D eigenvalue weighted by Gasteiger charge is -2.22. The number of imide groups is 1. The van der Waals surface area contributed by atoms with Crippen molar-refractivity contribution in [2.75, 3.05) is 6.61 Å². The lowest BCUT2D eigenvalue weighted by Crippen LogP contribution is -2.44. The summed E-state index contributed by atoms with van der Waals surface area (Å²) in [6, 6.07) is 9.69. The summed E-state index contributed by atoms with van der Waals surface area (Å²) in [6.45, 7) is 2.49. The van der Waals surface area contributed by atoms with Gasteiger partial charge in [0.2, 0.25) is 5.91 Å². The fourth-order valence-corrected chi connectivity index (χ4v) is 3.87. The number of alkyl halides is 1. The highest BCUT2D eigenvalue weighted by Crippen LogP contribution is 2.23. The largest absolute Gasteiger partial charge is 0.447 e. The monoisotopic (exact) mass is 423 g/mol. The molecule has 2 rings (SSSR count). The fraction of sp³-hybridized carbons (Fsp3) is 0.619. The molecule has 1 fully saturated rings. The summed E-state index contributed by atoms with van der Waals surface area (Å²) in [6.07, 6.45) is 9.37. The molecule has 26 heavy (non-hydrogen) atoms. The van der Waals surface area contributed by atoms with Crippen molar-refractivity contribution in [1.82, 2.24) is 4.90 Å². The summed E-state index contributed by atoms with van der Waals surface area (Å²) in [7, 11) is 0. The van der Waals surface area contributed by atoms with Gasteiger partial charge in [0.25, 0.3) is 0 Å². The summed E-state index contributed by atoms with van der Waals surface area (Å²) < 4.78 is 5.15. The Morgan fingerprint density at radius 1 is 1.15 bits per heavy atom. The van der Waals surface area contributed by atoms with Crippen LogP contribution in [-0.2, 0) is 16.0 Å². The van der Waals surface area contributed by atoms with E-state index in [0.29, 0.717) is 6.42 Å². The van der Waals surface area contributed by atoms with Gasteiger partial charge in [0.15, 0.2) is 0 Å². The fourth-order valence-electron chi connectivity index (χ4n) is 3.32. The van der Waals surface area contributed by atoms with Crippen LogP contribution in [0.3, 0.4) is 0 Å². The smallest absolute Gasteiger partial charge is 0.417 e. The SMILES string of the molecule is CCCCCCCCC[C@@H](Br)C(=O)N1C(=O)OC[C@H]1Cc1ccccc1. The molecule has 144 valence electrons. The van der Waals surface area contributed by atoms with Crippen LogP contribution in [0.1, 0.15) is 63.9 Å². The zero-order valence-electron chi connectivity index (χ0n) is 15.7. The summed E-state index contributed by atoms with van der Waals surface area (Å²) in [5.74, 6) is -0.167. The third-order valence-corrected chi connectivity index (χ3v) is 5.69. The highest BCUT2D eigenvalue weighted by atomic mass is 79.9. The van der Waals surface area contributed by atoms with E-state index < -0.39 is 6.09 Å². The molecule has 1 saturated heterocycles. The van der Waals surface area contributed by atoms with E-state index >= 15 is 0 Å². The number of hydrogen-bond acceptors (Lipinski definition) is 3. The number of amides is 2. The number of cyclic esters (lactones) is 1. The third-order valence-electron chi connectivity index (χ3n) is 4.84. The highest BCUT2D eigenvalue weighted by Gasteiger charge is 2.39. The first-order valence-corrected chi connectivity index (χ1v) is 10.7. The lowest BCUT2D eigenvalue weighted by atomic mass is 10.0. The van der Waals surface area contributed by atoms with Crippen LogP contribution in [0.4, 0.5) is 4.79 Å². The Hall–Kier alpha value is -1.36. The molecule has 0 unspecified atom stereocenters. The number of carbonyl (C=O) groups is 2. The molecule has 0 saturated carbocycles. The molecule has 1 aliphatic heterocycles. The number of unbranched alkanes of at least 4 members (excludes halogenated alkanes) is 6. The second-order valence-electron chi connectivity index (χ2n) is 7.01. The Kier molecular flexibility index (Phi) is 9.16. The van der Waals surface area contributed by atoms with Gasteiger partial charge in [-0.05, 0) is 18.4 Å². The molecule has 4 nitrogen and oxygen atoms in total. The molecule has 2 atom stereocenters. The van der Waals surface area contributed by atoms with Gasteiger partial charge in [-0.15, -0.1) is 0 Å². The van der Waals surface area contributed by atoms with E-state index in [1.54, 1.807) is 0 Å². The maximum atomic E-state index is 12.7. The molecular weight excluding hydrogens is 394 g/mol. The van der Waals surface area contributed by atoms with Gasteiger partial charge in [0, 0.05) is 0 Å². The van der Waals surface area contributed by atoms with Gasteiger partial charge in [-0.2, -0.15) is 0 Å². The molecule has 5 heteroatoms. The Labute approximate surface area is 165 Å². The van der Waals surface area contributed by atoms with Crippen LogP contribution in [0.5, 0.6) is 0 Å². The highest BCUT2D eigenvalue weighted by molar-refractivity contribution is 9.10. The lowest BCUT2D eigenvalue weighted by molar-refractivity contribution is -0.128. The van der Waals surface area contributed by atoms with E-state index in [0.717, 1.165) is 24.8 Å². The number of halogens is 1. The zero-order chi connectivity index (χ0) is 18.8. The van der Waals surface area contributed by atoms with Crippen LogP contribution in [0.15, 0.2) is 30.3 Å². The first kappa shape index (κ1) is 20.9. The predicted molar refractivity (Wildman–Crippen MR) is 107 cm³/mol. The average molecular weight is 424 g/mol. The molecule has 1 aromatic rings. The van der Waals surface area contributed by atoms with E-state index in [-0.39, 0.29) is 23.4 Å². The van der Waals surface area contributed by atoms with Crippen molar-refractivity contribution in [2.24, 2.45) is 0 Å². The van der Waals surface area contributed by atoms with Gasteiger partial charge in [-0.3, -0.25) is 4.79 Å². The van der Waals surface area contributed by atoms with Crippen LogP contribution in [0.25, 0.3) is 0 Å². The van der Waals surface area contributed by atoms with Crippen LogP contribution in [0.2, 0.25) is 0 Å². The standard InChI is InChI=1S/C21H30BrNO3/c1-2-3-4-5-6-7-11-14-19(22)20(24)23-18(16-26-21(23)25)15-17-12-9-8-10-13-17/h8-10,12-13,18-19H,2-7,11,14-16H2,1H3/t18-,19-/m1/s1. The van der Waals surface area contributed by atoms with E-state index in [4.69, 9.17) is 4.74 Å². The van der Waals surface area contributed by atoms with Crippen molar-refractivity contribution in [1.29, 1.82) is 0 Å². The second-order valence-corrected chi connectivity index (χ2v) is 8.11. The topological polar surface area (TPSA) is 46.6 Å². The number of benzene rings is 1. The van der Waals surface area contributed by atoms with Crippen molar-refractivity contribution in [3.8, 4) is 0 Å². The zero-order valence-corrected chi connectivity index (χ0v) is 17.2. The molecule has 1 aromatic carbocycles. The Morgan fingerprint density at radius 2 is 1.81 bits per heavy atom. The minimum Gasteiger partial charge on any atom is -0.447 e. The van der Waals surface area contributed by atoms with Crippen LogP contribution >= 0.6 is 15.9 Å². The van der Waals surface area contributed by atoms with E-state index in [2.05, 4.69) is 22.9 Å². The summed E-state index contributed by atoms with van der Waals surface area (Å²) in [5, 5.41) is 0. The maximum absolute atomic E-state index is 12.7. The van der Waals surface area contributed by atoms with Crippen molar-refractivity contribution in [3.63, 3.8) is 0 Å². The molecule has 1 aliphatic rings.